The van der Waals surface area contributed by atoms with Gasteiger partial charge >= 0.3 is 0 Å². The summed E-state index contributed by atoms with van der Waals surface area (Å²) in [6.07, 6.45) is 5.46. The molecule has 0 spiro atoms. The first kappa shape index (κ1) is 13.5. The molecule has 4 atom stereocenters. The molecule has 0 heterocycles. The van der Waals surface area contributed by atoms with Gasteiger partial charge in [0.25, 0.3) is 5.91 Å². The number of carbonyl (C=O) groups excluding carboxylic acids is 1. The van der Waals surface area contributed by atoms with Gasteiger partial charge in [-0.1, -0.05) is 18.6 Å². The van der Waals surface area contributed by atoms with Crippen molar-refractivity contribution in [1.82, 2.24) is 5.32 Å². The molecule has 2 aliphatic rings. The summed E-state index contributed by atoms with van der Waals surface area (Å²) in [5.74, 6) is 2.49. The van der Waals surface area contributed by atoms with Gasteiger partial charge in [-0.15, -0.1) is 0 Å². The van der Waals surface area contributed by atoms with E-state index in [0.717, 1.165) is 23.1 Å². The summed E-state index contributed by atoms with van der Waals surface area (Å²) < 4.78 is 0. The van der Waals surface area contributed by atoms with Crippen LogP contribution in [0.25, 0.3) is 0 Å². The van der Waals surface area contributed by atoms with Gasteiger partial charge in [0, 0.05) is 18.8 Å². The molecule has 0 aliphatic heterocycles. The van der Waals surface area contributed by atoms with Gasteiger partial charge in [0.1, 0.15) is 0 Å². The van der Waals surface area contributed by atoms with E-state index in [4.69, 9.17) is 0 Å². The van der Waals surface area contributed by atoms with Gasteiger partial charge in [0.2, 0.25) is 0 Å². The monoisotopic (exact) mass is 272 g/mol. The van der Waals surface area contributed by atoms with Crippen LogP contribution >= 0.6 is 0 Å². The molecule has 3 nitrogen and oxygen atoms in total. The van der Waals surface area contributed by atoms with E-state index in [9.17, 15) is 4.79 Å². The van der Waals surface area contributed by atoms with Crippen molar-refractivity contribution in [3.63, 3.8) is 0 Å². The highest BCUT2D eigenvalue weighted by Crippen LogP contribution is 2.49. The first-order chi connectivity index (χ1) is 9.69. The largest absolute Gasteiger partial charge is 0.387 e. The van der Waals surface area contributed by atoms with Crippen LogP contribution in [-0.2, 0) is 0 Å². The molecule has 2 bridgehead atoms. The fourth-order valence-corrected chi connectivity index (χ4v) is 4.20. The first-order valence-corrected chi connectivity index (χ1v) is 7.76. The average molecular weight is 272 g/mol. The molecular formula is C17H24N2O. The van der Waals surface area contributed by atoms with Crippen LogP contribution in [0.2, 0.25) is 0 Å². The van der Waals surface area contributed by atoms with Crippen molar-refractivity contribution in [2.75, 3.05) is 12.4 Å². The molecular weight excluding hydrogens is 248 g/mol. The molecule has 1 aromatic rings. The van der Waals surface area contributed by atoms with E-state index in [1.807, 2.05) is 31.3 Å². The lowest BCUT2D eigenvalue weighted by molar-refractivity contribution is 0.0916. The van der Waals surface area contributed by atoms with Crippen molar-refractivity contribution in [3.05, 3.63) is 29.8 Å². The number of benzene rings is 1. The number of nitrogens with one attached hydrogen (secondary N) is 2. The maximum Gasteiger partial charge on any atom is 0.253 e. The number of hydrogen-bond acceptors (Lipinski definition) is 2. The van der Waals surface area contributed by atoms with Crippen molar-refractivity contribution >= 4 is 11.6 Å². The zero-order valence-corrected chi connectivity index (χ0v) is 12.4. The standard InChI is InChI=1S/C17H24N2O/c1-11(15-10-12-7-8-13(15)9-12)19-17(20)14-5-3-4-6-16(14)18-2/h3-6,11-13,15,18H,7-10H2,1-2H3,(H,19,20). The summed E-state index contributed by atoms with van der Waals surface area (Å²) in [5.41, 5.74) is 1.63. The molecule has 2 aliphatic carbocycles. The highest BCUT2D eigenvalue weighted by atomic mass is 16.1. The van der Waals surface area contributed by atoms with E-state index >= 15 is 0 Å². The van der Waals surface area contributed by atoms with E-state index in [1.165, 1.54) is 25.7 Å². The number of fused-ring (bicyclic) bond motifs is 2. The normalized spacial score (nSPS) is 29.2. The predicted molar refractivity (Wildman–Crippen MR) is 81.9 cm³/mol. The van der Waals surface area contributed by atoms with E-state index in [1.54, 1.807) is 0 Å². The molecule has 20 heavy (non-hydrogen) atoms. The molecule has 3 rings (SSSR count). The summed E-state index contributed by atoms with van der Waals surface area (Å²) in [7, 11) is 1.85. The van der Waals surface area contributed by atoms with Crippen LogP contribution in [0.5, 0.6) is 0 Å². The summed E-state index contributed by atoms with van der Waals surface area (Å²) in [5, 5.41) is 6.30. The van der Waals surface area contributed by atoms with Crippen molar-refractivity contribution in [1.29, 1.82) is 0 Å². The minimum absolute atomic E-state index is 0.0465. The summed E-state index contributed by atoms with van der Waals surface area (Å²) in [4.78, 5) is 12.4. The second-order valence-electron chi connectivity index (χ2n) is 6.40. The van der Waals surface area contributed by atoms with Crippen LogP contribution in [0.1, 0.15) is 43.0 Å². The third kappa shape index (κ3) is 2.41. The van der Waals surface area contributed by atoms with Crippen molar-refractivity contribution < 1.29 is 4.79 Å². The molecule has 2 N–H and O–H groups in total. The molecule has 0 aromatic heterocycles. The third-order valence-electron chi connectivity index (χ3n) is 5.23. The lowest BCUT2D eigenvalue weighted by Crippen LogP contribution is -2.40. The maximum absolute atomic E-state index is 12.4. The number of amides is 1. The molecule has 0 saturated heterocycles. The van der Waals surface area contributed by atoms with Crippen LogP contribution in [0, 0.1) is 17.8 Å². The predicted octanol–water partition coefficient (Wildman–Crippen LogP) is 3.28. The minimum Gasteiger partial charge on any atom is -0.387 e. The fraction of sp³-hybridized carbons (Fsp3) is 0.588. The highest BCUT2D eigenvalue weighted by Gasteiger charge is 2.42. The van der Waals surface area contributed by atoms with Crippen LogP contribution in [0.3, 0.4) is 0 Å². The van der Waals surface area contributed by atoms with Crippen molar-refractivity contribution in [3.8, 4) is 0 Å². The Bertz CT molecular complexity index is 500. The highest BCUT2D eigenvalue weighted by molar-refractivity contribution is 5.99. The van der Waals surface area contributed by atoms with E-state index in [0.29, 0.717) is 5.92 Å². The lowest BCUT2D eigenvalue weighted by atomic mass is 9.84. The molecule has 2 fully saturated rings. The second-order valence-corrected chi connectivity index (χ2v) is 6.40. The first-order valence-electron chi connectivity index (χ1n) is 7.76. The number of para-hydroxylation sites is 1. The van der Waals surface area contributed by atoms with Crippen LogP contribution < -0.4 is 10.6 Å². The lowest BCUT2D eigenvalue weighted by Gasteiger charge is -2.28. The Morgan fingerprint density at radius 1 is 1.25 bits per heavy atom. The van der Waals surface area contributed by atoms with Crippen LogP contribution in [0.15, 0.2) is 24.3 Å². The molecule has 0 radical (unpaired) electrons. The Morgan fingerprint density at radius 3 is 2.70 bits per heavy atom. The molecule has 1 aromatic carbocycles. The maximum atomic E-state index is 12.4. The molecule has 1 amide bonds. The van der Waals surface area contributed by atoms with Crippen molar-refractivity contribution in [2.24, 2.45) is 17.8 Å². The van der Waals surface area contributed by atoms with Gasteiger partial charge in [-0.25, -0.2) is 0 Å². The van der Waals surface area contributed by atoms with Gasteiger partial charge in [0.05, 0.1) is 5.56 Å². The third-order valence-corrected chi connectivity index (χ3v) is 5.23. The topological polar surface area (TPSA) is 41.1 Å². The Hall–Kier alpha value is -1.51. The Labute approximate surface area is 121 Å². The summed E-state index contributed by atoms with van der Waals surface area (Å²) in [6, 6.07) is 7.97. The van der Waals surface area contributed by atoms with Crippen molar-refractivity contribution in [2.45, 2.75) is 38.6 Å². The molecule has 4 unspecified atom stereocenters. The van der Waals surface area contributed by atoms with E-state index < -0.39 is 0 Å². The molecule has 3 heteroatoms. The average Bonchev–Trinajstić information content (AvgIpc) is 3.09. The van der Waals surface area contributed by atoms with Crippen LogP contribution in [0.4, 0.5) is 5.69 Å². The van der Waals surface area contributed by atoms with E-state index in [-0.39, 0.29) is 11.9 Å². The SMILES string of the molecule is CNc1ccccc1C(=O)NC(C)C1CC2CCC1C2. The quantitative estimate of drug-likeness (QED) is 0.883. The number of anilines is 1. The van der Waals surface area contributed by atoms with Gasteiger partial charge in [-0.05, 0) is 56.1 Å². The number of hydrogen-bond donors (Lipinski definition) is 2. The summed E-state index contributed by atoms with van der Waals surface area (Å²) >= 11 is 0. The second kappa shape index (κ2) is 5.47. The van der Waals surface area contributed by atoms with Gasteiger partial charge < -0.3 is 10.6 Å². The van der Waals surface area contributed by atoms with Gasteiger partial charge in [0.15, 0.2) is 0 Å². The van der Waals surface area contributed by atoms with Gasteiger partial charge in [-0.3, -0.25) is 4.79 Å². The summed E-state index contributed by atoms with van der Waals surface area (Å²) in [6.45, 7) is 2.17. The fourth-order valence-electron chi connectivity index (χ4n) is 4.20. The van der Waals surface area contributed by atoms with E-state index in [2.05, 4.69) is 17.6 Å². The minimum atomic E-state index is 0.0465. The van der Waals surface area contributed by atoms with Crippen LogP contribution in [-0.4, -0.2) is 19.0 Å². The molecule has 108 valence electrons. The number of rotatable bonds is 4. The zero-order valence-electron chi connectivity index (χ0n) is 12.4. The Kier molecular flexibility index (Phi) is 3.68. The Morgan fingerprint density at radius 2 is 2.05 bits per heavy atom. The molecule has 2 saturated carbocycles. The Balaban J connectivity index is 1.66. The zero-order chi connectivity index (χ0) is 14.1. The number of carbonyl (C=O) groups is 1. The smallest absolute Gasteiger partial charge is 0.253 e. The van der Waals surface area contributed by atoms with Gasteiger partial charge in [-0.2, -0.15) is 0 Å².